The molecule has 0 bridgehead atoms. The molecule has 2 rings (SSSR count). The Morgan fingerprint density at radius 1 is 1.18 bits per heavy atom. The summed E-state index contributed by atoms with van der Waals surface area (Å²) < 4.78 is 5.25. The Balaban J connectivity index is 1.80. The van der Waals surface area contributed by atoms with Crippen molar-refractivity contribution in [1.29, 1.82) is 0 Å². The third-order valence-corrected chi connectivity index (χ3v) is 2.83. The highest BCUT2D eigenvalue weighted by Gasteiger charge is 2.16. The first-order chi connectivity index (χ1) is 8.36. The molecule has 0 N–H and O–H groups in total. The first-order valence-electron chi connectivity index (χ1n) is 6.04. The highest BCUT2D eigenvalue weighted by atomic mass is 16.5. The molecule has 17 heavy (non-hydrogen) atoms. The van der Waals surface area contributed by atoms with Crippen LogP contribution in [0.2, 0.25) is 0 Å². The zero-order valence-corrected chi connectivity index (χ0v) is 9.84. The average Bonchev–Trinajstić information content (AvgIpc) is 2.66. The van der Waals surface area contributed by atoms with E-state index >= 15 is 0 Å². The van der Waals surface area contributed by atoms with Crippen molar-refractivity contribution in [3.8, 4) is 6.01 Å². The van der Waals surface area contributed by atoms with Gasteiger partial charge in [0.2, 0.25) is 0 Å². The second kappa shape index (κ2) is 6.18. The summed E-state index contributed by atoms with van der Waals surface area (Å²) in [6.45, 7) is 1.72. The van der Waals surface area contributed by atoms with Gasteiger partial charge in [0, 0.05) is 25.5 Å². The van der Waals surface area contributed by atoms with Crippen molar-refractivity contribution in [1.82, 2.24) is 14.9 Å². The monoisotopic (exact) mass is 235 g/mol. The van der Waals surface area contributed by atoms with E-state index in [4.69, 9.17) is 4.74 Å². The van der Waals surface area contributed by atoms with Gasteiger partial charge in [-0.25, -0.2) is 9.97 Å². The number of hydrogen-bond acceptors (Lipinski definition) is 4. The zero-order chi connectivity index (χ0) is 11.9. The summed E-state index contributed by atoms with van der Waals surface area (Å²) in [5.41, 5.74) is 0. The molecule has 0 aliphatic carbocycles. The number of rotatable bonds is 3. The van der Waals surface area contributed by atoms with Gasteiger partial charge in [0.15, 0.2) is 6.61 Å². The molecule has 0 saturated carbocycles. The van der Waals surface area contributed by atoms with E-state index in [1.54, 1.807) is 18.5 Å². The molecule has 2 heterocycles. The Morgan fingerprint density at radius 2 is 1.82 bits per heavy atom. The van der Waals surface area contributed by atoms with Gasteiger partial charge in [0.05, 0.1) is 0 Å². The summed E-state index contributed by atoms with van der Waals surface area (Å²) >= 11 is 0. The van der Waals surface area contributed by atoms with Crippen LogP contribution in [-0.4, -0.2) is 40.5 Å². The summed E-state index contributed by atoms with van der Waals surface area (Å²) in [6.07, 6.45) is 7.80. The first-order valence-corrected chi connectivity index (χ1v) is 6.04. The number of carbonyl (C=O) groups is 1. The topological polar surface area (TPSA) is 55.3 Å². The highest BCUT2D eigenvalue weighted by molar-refractivity contribution is 5.77. The van der Waals surface area contributed by atoms with Crippen LogP contribution in [-0.2, 0) is 4.79 Å². The van der Waals surface area contributed by atoms with Crippen molar-refractivity contribution >= 4 is 5.91 Å². The van der Waals surface area contributed by atoms with Crippen LogP contribution in [0.5, 0.6) is 6.01 Å². The Bertz CT molecular complexity index is 348. The summed E-state index contributed by atoms with van der Waals surface area (Å²) in [6, 6.07) is 1.97. The fourth-order valence-corrected chi connectivity index (χ4v) is 1.90. The van der Waals surface area contributed by atoms with Crippen LogP contribution in [0.4, 0.5) is 0 Å². The van der Waals surface area contributed by atoms with Crippen LogP contribution in [0, 0.1) is 0 Å². The number of amides is 1. The molecule has 0 atom stereocenters. The fraction of sp³-hybridized carbons (Fsp3) is 0.583. The van der Waals surface area contributed by atoms with E-state index in [-0.39, 0.29) is 18.5 Å². The second-order valence-corrected chi connectivity index (χ2v) is 4.12. The number of carbonyl (C=O) groups excluding carboxylic acids is 1. The molecular weight excluding hydrogens is 218 g/mol. The summed E-state index contributed by atoms with van der Waals surface area (Å²) in [4.78, 5) is 21.6. The van der Waals surface area contributed by atoms with Gasteiger partial charge in [-0.2, -0.15) is 0 Å². The number of ether oxygens (including phenoxy) is 1. The lowest BCUT2D eigenvalue weighted by molar-refractivity contribution is -0.133. The third-order valence-electron chi connectivity index (χ3n) is 2.83. The first kappa shape index (κ1) is 11.8. The van der Waals surface area contributed by atoms with E-state index in [2.05, 4.69) is 9.97 Å². The molecule has 5 heteroatoms. The molecule has 1 aliphatic heterocycles. The molecule has 1 saturated heterocycles. The molecule has 92 valence electrons. The smallest absolute Gasteiger partial charge is 0.316 e. The summed E-state index contributed by atoms with van der Waals surface area (Å²) in [7, 11) is 0. The van der Waals surface area contributed by atoms with E-state index in [1.807, 2.05) is 4.90 Å². The summed E-state index contributed by atoms with van der Waals surface area (Å²) in [5, 5.41) is 0. The molecule has 5 nitrogen and oxygen atoms in total. The Kier molecular flexibility index (Phi) is 4.30. The van der Waals surface area contributed by atoms with Gasteiger partial charge in [-0.1, -0.05) is 12.8 Å². The summed E-state index contributed by atoms with van der Waals surface area (Å²) in [5.74, 6) is 0.0272. The maximum Gasteiger partial charge on any atom is 0.316 e. The SMILES string of the molecule is O=C(COc1ncccn1)N1CCCCCC1. The van der Waals surface area contributed by atoms with Gasteiger partial charge in [-0.3, -0.25) is 4.79 Å². The van der Waals surface area contributed by atoms with E-state index in [9.17, 15) is 4.79 Å². The highest BCUT2D eigenvalue weighted by Crippen LogP contribution is 2.10. The maximum absolute atomic E-state index is 11.9. The van der Waals surface area contributed by atoms with Crippen molar-refractivity contribution in [2.24, 2.45) is 0 Å². The quantitative estimate of drug-likeness (QED) is 0.791. The zero-order valence-electron chi connectivity index (χ0n) is 9.84. The Hall–Kier alpha value is -1.65. The van der Waals surface area contributed by atoms with Crippen LogP contribution in [0.25, 0.3) is 0 Å². The standard InChI is InChI=1S/C12H17N3O2/c16-11(15-8-3-1-2-4-9-15)10-17-12-13-6-5-7-14-12/h5-7H,1-4,8-10H2. The van der Waals surface area contributed by atoms with E-state index in [0.29, 0.717) is 0 Å². The lowest BCUT2D eigenvalue weighted by Gasteiger charge is -2.19. The van der Waals surface area contributed by atoms with Gasteiger partial charge < -0.3 is 9.64 Å². The fourth-order valence-electron chi connectivity index (χ4n) is 1.90. The molecular formula is C12H17N3O2. The minimum Gasteiger partial charge on any atom is -0.453 e. The predicted octanol–water partition coefficient (Wildman–Crippen LogP) is 1.26. The van der Waals surface area contributed by atoms with E-state index in [0.717, 1.165) is 25.9 Å². The molecule has 1 aliphatic rings. The van der Waals surface area contributed by atoms with Crippen LogP contribution in [0.3, 0.4) is 0 Å². The third kappa shape index (κ3) is 3.69. The Morgan fingerprint density at radius 3 is 2.47 bits per heavy atom. The van der Waals surface area contributed by atoms with Gasteiger partial charge in [-0.15, -0.1) is 0 Å². The molecule has 0 spiro atoms. The van der Waals surface area contributed by atoms with E-state index < -0.39 is 0 Å². The number of likely N-dealkylation sites (tertiary alicyclic amines) is 1. The van der Waals surface area contributed by atoms with Gasteiger partial charge in [-0.05, 0) is 18.9 Å². The minimum absolute atomic E-state index is 0.0272. The largest absolute Gasteiger partial charge is 0.453 e. The van der Waals surface area contributed by atoms with Gasteiger partial charge >= 0.3 is 6.01 Å². The molecule has 1 aromatic heterocycles. The molecule has 0 unspecified atom stereocenters. The molecule has 1 fully saturated rings. The molecule has 0 aromatic carbocycles. The van der Waals surface area contributed by atoms with E-state index in [1.165, 1.54) is 12.8 Å². The van der Waals surface area contributed by atoms with Crippen molar-refractivity contribution in [2.75, 3.05) is 19.7 Å². The predicted molar refractivity (Wildman–Crippen MR) is 62.6 cm³/mol. The van der Waals surface area contributed by atoms with Crippen LogP contribution < -0.4 is 4.74 Å². The normalized spacial score (nSPS) is 16.4. The maximum atomic E-state index is 11.9. The van der Waals surface area contributed by atoms with Crippen molar-refractivity contribution in [3.63, 3.8) is 0 Å². The molecule has 0 radical (unpaired) electrons. The van der Waals surface area contributed by atoms with Crippen molar-refractivity contribution in [2.45, 2.75) is 25.7 Å². The Labute approximate surface area is 101 Å². The number of aromatic nitrogens is 2. The van der Waals surface area contributed by atoms with Crippen LogP contribution >= 0.6 is 0 Å². The molecule has 1 aromatic rings. The van der Waals surface area contributed by atoms with Crippen molar-refractivity contribution in [3.05, 3.63) is 18.5 Å². The number of nitrogens with zero attached hydrogens (tertiary/aromatic N) is 3. The lowest BCUT2D eigenvalue weighted by Crippen LogP contribution is -2.35. The van der Waals surface area contributed by atoms with Gasteiger partial charge in [0.1, 0.15) is 0 Å². The average molecular weight is 235 g/mol. The van der Waals surface area contributed by atoms with Crippen molar-refractivity contribution < 1.29 is 9.53 Å². The molecule has 1 amide bonds. The van der Waals surface area contributed by atoms with Crippen LogP contribution in [0.15, 0.2) is 18.5 Å². The number of hydrogen-bond donors (Lipinski definition) is 0. The van der Waals surface area contributed by atoms with Crippen LogP contribution in [0.1, 0.15) is 25.7 Å². The minimum atomic E-state index is 0.0272. The second-order valence-electron chi connectivity index (χ2n) is 4.12. The lowest BCUT2D eigenvalue weighted by atomic mass is 10.2. The van der Waals surface area contributed by atoms with Gasteiger partial charge in [0.25, 0.3) is 5.91 Å².